The fraction of sp³-hybridized carbons (Fsp3) is 0. The monoisotopic (exact) mass is 237 g/mol. The number of nitro groups is 1. The van der Waals surface area contributed by atoms with Gasteiger partial charge in [0.15, 0.2) is 0 Å². The molecular formula is C8H7N5O2S. The fourth-order valence-electron chi connectivity index (χ4n) is 1.09. The van der Waals surface area contributed by atoms with Crippen LogP contribution in [0.25, 0.3) is 0 Å². The molecule has 0 fully saturated rings. The predicted molar refractivity (Wildman–Crippen MR) is 60.7 cm³/mol. The van der Waals surface area contributed by atoms with Crippen molar-refractivity contribution in [3.05, 3.63) is 33.1 Å². The number of aromatic nitrogens is 2. The first-order valence-corrected chi connectivity index (χ1v) is 5.17. The SMILES string of the molecule is Nc1ncc([N+](=O)[O-])c(Nc2ccsc2)n1. The van der Waals surface area contributed by atoms with Gasteiger partial charge in [-0.05, 0) is 11.4 Å². The first kappa shape index (κ1) is 10.3. The molecule has 7 nitrogen and oxygen atoms in total. The van der Waals surface area contributed by atoms with Gasteiger partial charge in [0.25, 0.3) is 0 Å². The number of nitrogens with two attached hydrogens (primary N) is 1. The highest BCUT2D eigenvalue weighted by Gasteiger charge is 2.16. The van der Waals surface area contributed by atoms with Gasteiger partial charge < -0.3 is 11.1 Å². The van der Waals surface area contributed by atoms with Crippen LogP contribution >= 0.6 is 11.3 Å². The zero-order valence-corrected chi connectivity index (χ0v) is 8.77. The molecule has 0 amide bonds. The summed E-state index contributed by atoms with van der Waals surface area (Å²) >= 11 is 1.47. The summed E-state index contributed by atoms with van der Waals surface area (Å²) in [5.41, 5.74) is 5.89. The normalized spacial score (nSPS) is 10.0. The number of nitrogen functional groups attached to an aromatic ring is 1. The lowest BCUT2D eigenvalue weighted by atomic mass is 10.4. The van der Waals surface area contributed by atoms with Gasteiger partial charge in [-0.3, -0.25) is 10.1 Å². The van der Waals surface area contributed by atoms with E-state index in [4.69, 9.17) is 5.73 Å². The topological polar surface area (TPSA) is 107 Å². The minimum Gasteiger partial charge on any atom is -0.368 e. The molecule has 2 heterocycles. The van der Waals surface area contributed by atoms with Crippen molar-refractivity contribution in [2.75, 3.05) is 11.1 Å². The maximum absolute atomic E-state index is 10.7. The number of nitrogens with one attached hydrogen (secondary N) is 1. The average Bonchev–Trinajstić information content (AvgIpc) is 2.70. The van der Waals surface area contributed by atoms with E-state index in [0.29, 0.717) is 0 Å². The van der Waals surface area contributed by atoms with E-state index in [0.717, 1.165) is 11.9 Å². The Balaban J connectivity index is 2.38. The van der Waals surface area contributed by atoms with E-state index in [1.165, 1.54) is 11.3 Å². The second-order valence-electron chi connectivity index (χ2n) is 2.86. The number of nitrogens with zero attached hydrogens (tertiary/aromatic N) is 3. The van der Waals surface area contributed by atoms with Crippen molar-refractivity contribution >= 4 is 34.5 Å². The Morgan fingerprint density at radius 3 is 3.00 bits per heavy atom. The average molecular weight is 237 g/mol. The molecule has 3 N–H and O–H groups in total. The summed E-state index contributed by atoms with van der Waals surface area (Å²) in [6, 6.07) is 1.78. The second-order valence-corrected chi connectivity index (χ2v) is 3.64. The number of hydrogen-bond donors (Lipinski definition) is 2. The molecule has 16 heavy (non-hydrogen) atoms. The van der Waals surface area contributed by atoms with Crippen LogP contribution in [0.2, 0.25) is 0 Å². The Hall–Kier alpha value is -2.22. The van der Waals surface area contributed by atoms with Crippen LogP contribution < -0.4 is 11.1 Å². The molecule has 2 rings (SSSR count). The lowest BCUT2D eigenvalue weighted by Crippen LogP contribution is -2.03. The van der Waals surface area contributed by atoms with Crippen LogP contribution in [0, 0.1) is 10.1 Å². The summed E-state index contributed by atoms with van der Waals surface area (Å²) in [6.45, 7) is 0. The third-order valence-corrected chi connectivity index (χ3v) is 2.45. The zero-order valence-electron chi connectivity index (χ0n) is 7.95. The first-order chi connectivity index (χ1) is 7.66. The van der Waals surface area contributed by atoms with E-state index >= 15 is 0 Å². The van der Waals surface area contributed by atoms with Crippen LogP contribution in [0.1, 0.15) is 0 Å². The van der Waals surface area contributed by atoms with E-state index in [-0.39, 0.29) is 17.5 Å². The Morgan fingerprint density at radius 2 is 2.38 bits per heavy atom. The summed E-state index contributed by atoms with van der Waals surface area (Å²) in [7, 11) is 0. The third kappa shape index (κ3) is 2.06. The van der Waals surface area contributed by atoms with Crippen molar-refractivity contribution in [3.8, 4) is 0 Å². The standard InChI is InChI=1S/C8H7N5O2S/c9-8-10-3-6(13(14)15)7(12-8)11-5-1-2-16-4-5/h1-4H,(H3,9,10,11,12). The summed E-state index contributed by atoms with van der Waals surface area (Å²) in [4.78, 5) is 17.5. The van der Waals surface area contributed by atoms with Crippen LogP contribution in [0.4, 0.5) is 23.1 Å². The fourth-order valence-corrected chi connectivity index (χ4v) is 1.67. The minimum atomic E-state index is -0.561. The first-order valence-electron chi connectivity index (χ1n) is 4.23. The molecule has 0 aliphatic carbocycles. The number of rotatable bonds is 3. The Kier molecular flexibility index (Phi) is 2.64. The van der Waals surface area contributed by atoms with E-state index in [9.17, 15) is 10.1 Å². The van der Waals surface area contributed by atoms with Crippen molar-refractivity contribution in [1.29, 1.82) is 0 Å². The third-order valence-electron chi connectivity index (χ3n) is 1.77. The Labute approximate surface area is 94.1 Å². The smallest absolute Gasteiger partial charge is 0.329 e. The van der Waals surface area contributed by atoms with Gasteiger partial charge in [-0.2, -0.15) is 16.3 Å². The molecule has 0 aliphatic heterocycles. The van der Waals surface area contributed by atoms with Crippen molar-refractivity contribution in [2.45, 2.75) is 0 Å². The minimum absolute atomic E-state index is 0.0108. The maximum atomic E-state index is 10.7. The number of hydrogen-bond acceptors (Lipinski definition) is 7. The highest BCUT2D eigenvalue weighted by Crippen LogP contribution is 2.25. The van der Waals surface area contributed by atoms with Gasteiger partial charge in [-0.15, -0.1) is 0 Å². The molecule has 2 aromatic heterocycles. The lowest BCUT2D eigenvalue weighted by Gasteiger charge is -2.03. The molecule has 0 aromatic carbocycles. The quantitative estimate of drug-likeness (QED) is 0.622. The van der Waals surface area contributed by atoms with Crippen molar-refractivity contribution in [2.24, 2.45) is 0 Å². The van der Waals surface area contributed by atoms with Gasteiger partial charge in [0.1, 0.15) is 6.20 Å². The number of anilines is 3. The molecule has 0 radical (unpaired) electrons. The second kappa shape index (κ2) is 4.11. The molecule has 0 unspecified atom stereocenters. The highest BCUT2D eigenvalue weighted by atomic mass is 32.1. The van der Waals surface area contributed by atoms with E-state index in [1.54, 1.807) is 6.07 Å². The van der Waals surface area contributed by atoms with Gasteiger partial charge in [0, 0.05) is 5.38 Å². The molecule has 8 heteroatoms. The molecular weight excluding hydrogens is 230 g/mol. The summed E-state index contributed by atoms with van der Waals surface area (Å²) < 4.78 is 0. The number of thiophene rings is 1. The van der Waals surface area contributed by atoms with Gasteiger partial charge >= 0.3 is 5.69 Å². The predicted octanol–water partition coefficient (Wildman–Crippen LogP) is 1.77. The molecule has 0 atom stereocenters. The molecule has 0 saturated heterocycles. The molecule has 0 aliphatic rings. The summed E-state index contributed by atoms with van der Waals surface area (Å²) in [6.07, 6.45) is 1.08. The molecule has 0 spiro atoms. The summed E-state index contributed by atoms with van der Waals surface area (Å²) in [5, 5.41) is 17.2. The van der Waals surface area contributed by atoms with E-state index < -0.39 is 4.92 Å². The van der Waals surface area contributed by atoms with Gasteiger partial charge in [-0.1, -0.05) is 0 Å². The Bertz CT molecular complexity index is 513. The van der Waals surface area contributed by atoms with E-state index in [1.807, 2.05) is 10.8 Å². The van der Waals surface area contributed by atoms with Crippen LogP contribution in [-0.2, 0) is 0 Å². The molecule has 82 valence electrons. The van der Waals surface area contributed by atoms with Crippen molar-refractivity contribution in [3.63, 3.8) is 0 Å². The van der Waals surface area contributed by atoms with Gasteiger partial charge in [0.05, 0.1) is 10.6 Å². The lowest BCUT2D eigenvalue weighted by molar-refractivity contribution is -0.384. The van der Waals surface area contributed by atoms with Crippen molar-refractivity contribution in [1.82, 2.24) is 9.97 Å². The van der Waals surface area contributed by atoms with Gasteiger partial charge in [-0.25, -0.2) is 4.98 Å². The molecule has 0 saturated carbocycles. The maximum Gasteiger partial charge on any atom is 0.329 e. The van der Waals surface area contributed by atoms with Crippen molar-refractivity contribution < 1.29 is 4.92 Å². The Morgan fingerprint density at radius 1 is 1.56 bits per heavy atom. The van der Waals surface area contributed by atoms with Crippen LogP contribution in [0.3, 0.4) is 0 Å². The van der Waals surface area contributed by atoms with Crippen LogP contribution in [0.5, 0.6) is 0 Å². The van der Waals surface area contributed by atoms with Crippen LogP contribution in [0.15, 0.2) is 23.0 Å². The summed E-state index contributed by atoms with van der Waals surface area (Å²) in [5.74, 6) is 0.0826. The van der Waals surface area contributed by atoms with Gasteiger partial charge in [0.2, 0.25) is 11.8 Å². The molecule has 2 aromatic rings. The highest BCUT2D eigenvalue weighted by molar-refractivity contribution is 7.08. The zero-order chi connectivity index (χ0) is 11.5. The van der Waals surface area contributed by atoms with Crippen LogP contribution in [-0.4, -0.2) is 14.9 Å². The largest absolute Gasteiger partial charge is 0.368 e. The van der Waals surface area contributed by atoms with E-state index in [2.05, 4.69) is 15.3 Å². The molecule has 0 bridgehead atoms.